The number of nitrogens with one attached hydrogen (secondary N) is 1. The molecule has 128 valence electrons. The summed E-state index contributed by atoms with van der Waals surface area (Å²) in [6, 6.07) is 4.16. The van der Waals surface area contributed by atoms with Gasteiger partial charge in [-0.25, -0.2) is 4.79 Å². The molecule has 0 aliphatic heterocycles. The molecule has 0 unspecified atom stereocenters. The van der Waals surface area contributed by atoms with E-state index in [1.54, 1.807) is 7.05 Å². The second kappa shape index (κ2) is 7.68. The number of rotatable bonds is 7. The van der Waals surface area contributed by atoms with Crippen molar-refractivity contribution in [3.8, 4) is 11.7 Å². The SMILES string of the molecule is COc1cc(C(=O)O)ccc1NC(=O)CCSc1c([O-])on[n+]1C. The smallest absolute Gasteiger partial charge is 0.335 e. The van der Waals surface area contributed by atoms with Gasteiger partial charge in [-0.15, -0.1) is 0 Å². The zero-order chi connectivity index (χ0) is 17.7. The molecule has 2 rings (SSSR count). The standard InChI is InChI=1S/C14H15N3O6S/c1-17-12(14(21)23-16-17)24-6-5-11(18)15-9-4-3-8(13(19)20)7-10(9)22-2/h3-4,7H,5-6H2,1-2H3,(H2-,15,16,18,19,20,21). The number of thioether (sulfide) groups is 1. The molecule has 0 saturated heterocycles. The van der Waals surface area contributed by atoms with E-state index >= 15 is 0 Å². The minimum absolute atomic E-state index is 0.0586. The molecule has 1 aromatic heterocycles. The number of ether oxygens (including phenoxy) is 1. The third kappa shape index (κ3) is 4.16. The molecule has 0 atom stereocenters. The molecule has 0 aliphatic carbocycles. The fraction of sp³-hybridized carbons (Fsp3) is 0.286. The van der Waals surface area contributed by atoms with Crippen molar-refractivity contribution in [1.82, 2.24) is 5.27 Å². The van der Waals surface area contributed by atoms with Crippen LogP contribution >= 0.6 is 11.8 Å². The van der Waals surface area contributed by atoms with Crippen LogP contribution in [0.15, 0.2) is 27.7 Å². The van der Waals surface area contributed by atoms with Gasteiger partial charge in [0.1, 0.15) is 5.75 Å². The number of hydrogen-bond acceptors (Lipinski definition) is 7. The lowest BCUT2D eigenvalue weighted by atomic mass is 10.2. The van der Waals surface area contributed by atoms with E-state index in [4.69, 9.17) is 9.84 Å². The van der Waals surface area contributed by atoms with Gasteiger partial charge in [0.25, 0.3) is 5.03 Å². The summed E-state index contributed by atoms with van der Waals surface area (Å²) in [5.41, 5.74) is 0.431. The predicted octanol–water partition coefficient (Wildman–Crippen LogP) is 0.400. The maximum Gasteiger partial charge on any atom is 0.335 e. The molecule has 24 heavy (non-hydrogen) atoms. The number of benzene rings is 1. The maximum absolute atomic E-state index is 12.0. The molecule has 0 saturated carbocycles. The van der Waals surface area contributed by atoms with Gasteiger partial charge in [-0.3, -0.25) is 4.79 Å². The summed E-state index contributed by atoms with van der Waals surface area (Å²) in [7, 11) is 2.95. The Morgan fingerprint density at radius 2 is 2.25 bits per heavy atom. The molecule has 0 fully saturated rings. The number of aromatic carboxylic acids is 1. The third-order valence-corrected chi connectivity index (χ3v) is 4.12. The van der Waals surface area contributed by atoms with Crippen molar-refractivity contribution in [3.63, 3.8) is 0 Å². The molecular formula is C14H15N3O6S. The number of aromatic nitrogens is 2. The largest absolute Gasteiger partial charge is 0.538 e. The highest BCUT2D eigenvalue weighted by Gasteiger charge is 2.15. The summed E-state index contributed by atoms with van der Waals surface area (Å²) >= 11 is 1.16. The Hall–Kier alpha value is -2.75. The second-order valence-electron chi connectivity index (χ2n) is 4.66. The van der Waals surface area contributed by atoms with Crippen LogP contribution < -0.4 is 19.8 Å². The van der Waals surface area contributed by atoms with E-state index in [1.165, 1.54) is 30.0 Å². The molecule has 0 spiro atoms. The fourth-order valence-corrected chi connectivity index (χ4v) is 2.70. The lowest BCUT2D eigenvalue weighted by Crippen LogP contribution is -2.32. The summed E-state index contributed by atoms with van der Waals surface area (Å²) in [6.07, 6.45) is 0.138. The molecular weight excluding hydrogens is 338 g/mol. The Bertz CT molecular complexity index is 741. The Balaban J connectivity index is 1.94. The minimum Gasteiger partial charge on any atom is -0.538 e. The fourth-order valence-electron chi connectivity index (χ4n) is 1.84. The van der Waals surface area contributed by atoms with Gasteiger partial charge in [0.05, 0.1) is 23.6 Å². The van der Waals surface area contributed by atoms with Gasteiger partial charge < -0.3 is 24.8 Å². The van der Waals surface area contributed by atoms with Gasteiger partial charge in [-0.05, 0) is 18.2 Å². The number of aryl methyl sites for hydroxylation is 1. The van der Waals surface area contributed by atoms with E-state index in [1.807, 2.05) is 0 Å². The molecule has 0 bridgehead atoms. The van der Waals surface area contributed by atoms with Crippen LogP contribution in [0.4, 0.5) is 5.69 Å². The number of carboxylic acids is 1. The van der Waals surface area contributed by atoms with E-state index in [9.17, 15) is 14.7 Å². The molecule has 1 amide bonds. The highest BCUT2D eigenvalue weighted by molar-refractivity contribution is 7.99. The van der Waals surface area contributed by atoms with Crippen molar-refractivity contribution >= 4 is 29.3 Å². The van der Waals surface area contributed by atoms with Gasteiger partial charge >= 0.3 is 5.97 Å². The van der Waals surface area contributed by atoms with Crippen LogP contribution in [0.5, 0.6) is 11.7 Å². The molecule has 0 aliphatic rings. The van der Waals surface area contributed by atoms with Crippen LogP contribution in [0.25, 0.3) is 0 Å². The van der Waals surface area contributed by atoms with E-state index in [2.05, 4.69) is 15.1 Å². The van der Waals surface area contributed by atoms with E-state index in [-0.39, 0.29) is 23.6 Å². The highest BCUT2D eigenvalue weighted by Crippen LogP contribution is 2.26. The molecule has 9 nitrogen and oxygen atoms in total. The van der Waals surface area contributed by atoms with Crippen molar-refractivity contribution in [3.05, 3.63) is 23.8 Å². The van der Waals surface area contributed by atoms with Crippen LogP contribution in [-0.2, 0) is 11.8 Å². The normalized spacial score (nSPS) is 10.4. The molecule has 1 heterocycles. The lowest BCUT2D eigenvalue weighted by molar-refractivity contribution is -0.772. The summed E-state index contributed by atoms with van der Waals surface area (Å²) in [5.74, 6) is -1.32. The van der Waals surface area contributed by atoms with Crippen LogP contribution in [-0.4, -0.2) is 35.1 Å². The number of amides is 1. The van der Waals surface area contributed by atoms with E-state index in [0.29, 0.717) is 16.5 Å². The van der Waals surface area contributed by atoms with Gasteiger partial charge in [-0.2, -0.15) is 0 Å². The number of carboxylic acid groups (broad SMARTS) is 1. The quantitative estimate of drug-likeness (QED) is 0.541. The average Bonchev–Trinajstić information content (AvgIpc) is 2.86. The molecule has 2 N–H and O–H groups in total. The summed E-state index contributed by atoms with van der Waals surface area (Å²) in [5, 5.41) is 26.7. The number of methoxy groups -OCH3 is 1. The third-order valence-electron chi connectivity index (χ3n) is 3.01. The van der Waals surface area contributed by atoms with Gasteiger partial charge in [-0.1, -0.05) is 16.4 Å². The second-order valence-corrected chi connectivity index (χ2v) is 5.74. The number of carbonyl (C=O) groups excluding carboxylic acids is 1. The number of nitrogens with zero attached hydrogens (tertiary/aromatic N) is 2. The van der Waals surface area contributed by atoms with Gasteiger partial charge in [0.2, 0.25) is 5.91 Å². The zero-order valence-corrected chi connectivity index (χ0v) is 13.8. The van der Waals surface area contributed by atoms with Crippen LogP contribution in [0.3, 0.4) is 0 Å². The number of hydrogen-bond donors (Lipinski definition) is 2. The number of anilines is 1. The minimum atomic E-state index is -1.09. The molecule has 1 aromatic carbocycles. The topological polar surface area (TPSA) is 129 Å². The Morgan fingerprint density at radius 3 is 2.83 bits per heavy atom. The van der Waals surface area contributed by atoms with Crippen molar-refractivity contribution in [2.75, 3.05) is 18.2 Å². The molecule has 2 aromatic rings. The lowest BCUT2D eigenvalue weighted by Gasteiger charge is -2.10. The first-order valence-electron chi connectivity index (χ1n) is 6.79. The highest BCUT2D eigenvalue weighted by atomic mass is 32.2. The first-order chi connectivity index (χ1) is 11.4. The van der Waals surface area contributed by atoms with Crippen molar-refractivity contribution in [1.29, 1.82) is 0 Å². The summed E-state index contributed by atoms with van der Waals surface area (Å²) in [6.45, 7) is 0. The van der Waals surface area contributed by atoms with Crippen LogP contribution in [0.2, 0.25) is 0 Å². The average molecular weight is 353 g/mol. The Kier molecular flexibility index (Phi) is 5.64. The first-order valence-corrected chi connectivity index (χ1v) is 7.78. The van der Waals surface area contributed by atoms with Gasteiger partial charge in [0.15, 0.2) is 13.0 Å². The van der Waals surface area contributed by atoms with E-state index < -0.39 is 11.9 Å². The monoisotopic (exact) mass is 353 g/mol. The maximum atomic E-state index is 12.0. The predicted molar refractivity (Wildman–Crippen MR) is 81.0 cm³/mol. The zero-order valence-electron chi connectivity index (χ0n) is 12.9. The summed E-state index contributed by atoms with van der Waals surface area (Å²) < 4.78 is 10.9. The van der Waals surface area contributed by atoms with Crippen LogP contribution in [0.1, 0.15) is 16.8 Å². The van der Waals surface area contributed by atoms with Crippen molar-refractivity contribution in [2.45, 2.75) is 11.4 Å². The van der Waals surface area contributed by atoms with Crippen molar-refractivity contribution < 1.29 is 33.7 Å². The van der Waals surface area contributed by atoms with Gasteiger partial charge in [0, 0.05) is 12.2 Å². The van der Waals surface area contributed by atoms with Crippen molar-refractivity contribution in [2.24, 2.45) is 7.05 Å². The Morgan fingerprint density at radius 1 is 1.50 bits per heavy atom. The Labute approximate surface area is 141 Å². The number of carbonyl (C=O) groups is 2. The molecule has 0 radical (unpaired) electrons. The first kappa shape index (κ1) is 17.6. The molecule has 10 heteroatoms. The summed E-state index contributed by atoms with van der Waals surface area (Å²) in [4.78, 5) is 22.9. The van der Waals surface area contributed by atoms with Crippen LogP contribution in [0, 0.1) is 0 Å². The van der Waals surface area contributed by atoms with E-state index in [0.717, 1.165) is 11.8 Å².